The van der Waals surface area contributed by atoms with E-state index >= 15 is 0 Å². The van der Waals surface area contributed by atoms with E-state index in [2.05, 4.69) is 51.3 Å². The van der Waals surface area contributed by atoms with Gasteiger partial charge in [0.25, 0.3) is 0 Å². The highest BCUT2D eigenvalue weighted by atomic mass is 35.5. The van der Waals surface area contributed by atoms with E-state index in [1.54, 1.807) is 0 Å². The molecule has 0 radical (unpaired) electrons. The van der Waals surface area contributed by atoms with Crippen LogP contribution >= 0.6 is 24.8 Å². The Kier molecular flexibility index (Phi) is 9.16. The van der Waals surface area contributed by atoms with Crippen LogP contribution in [0, 0.1) is 0 Å². The lowest BCUT2D eigenvalue weighted by Crippen LogP contribution is -2.37. The van der Waals surface area contributed by atoms with Gasteiger partial charge in [0, 0.05) is 25.3 Å². The number of nitrogens with two attached hydrogens (primary N) is 1. The molecule has 1 fully saturated rings. The van der Waals surface area contributed by atoms with E-state index in [0.717, 1.165) is 32.8 Å². The van der Waals surface area contributed by atoms with Crippen LogP contribution in [0.4, 0.5) is 5.69 Å². The van der Waals surface area contributed by atoms with Gasteiger partial charge in [-0.1, -0.05) is 23.4 Å². The standard InChI is InChI=1S/C16H23N5O2.2ClH/c1-20(12-15-18-16(10-17)23-19-15)11-13-4-2-3-5-14(13)21-6-8-22-9-7-21;;/h2-5H,6-12,17H2,1H3;2*1H. The summed E-state index contributed by atoms with van der Waals surface area (Å²) < 4.78 is 10.5. The molecule has 0 unspecified atom stereocenters. The molecule has 140 valence electrons. The minimum Gasteiger partial charge on any atom is -0.378 e. The maximum atomic E-state index is 5.49. The first-order chi connectivity index (χ1) is 11.3. The van der Waals surface area contributed by atoms with E-state index in [1.807, 2.05) is 0 Å². The summed E-state index contributed by atoms with van der Waals surface area (Å²) in [5.74, 6) is 1.14. The van der Waals surface area contributed by atoms with E-state index in [4.69, 9.17) is 15.0 Å². The van der Waals surface area contributed by atoms with Gasteiger partial charge in [-0.05, 0) is 18.7 Å². The number of aromatic nitrogens is 2. The fourth-order valence-electron chi connectivity index (χ4n) is 2.78. The van der Waals surface area contributed by atoms with Gasteiger partial charge in [-0.25, -0.2) is 0 Å². The number of para-hydroxylation sites is 1. The second kappa shape index (κ2) is 10.6. The number of anilines is 1. The lowest BCUT2D eigenvalue weighted by molar-refractivity contribution is 0.122. The van der Waals surface area contributed by atoms with Gasteiger partial charge in [-0.3, -0.25) is 4.90 Å². The molecule has 1 aliphatic heterocycles. The summed E-state index contributed by atoms with van der Waals surface area (Å²) in [4.78, 5) is 8.80. The van der Waals surface area contributed by atoms with Gasteiger partial charge in [0.15, 0.2) is 5.82 Å². The number of hydrogen-bond acceptors (Lipinski definition) is 7. The van der Waals surface area contributed by atoms with E-state index < -0.39 is 0 Å². The van der Waals surface area contributed by atoms with Crippen molar-refractivity contribution in [1.82, 2.24) is 15.0 Å². The molecule has 1 aliphatic rings. The highest BCUT2D eigenvalue weighted by Crippen LogP contribution is 2.23. The number of halogens is 2. The minimum atomic E-state index is 0. The Balaban J connectivity index is 0.00000156. The third kappa shape index (κ3) is 5.83. The summed E-state index contributed by atoms with van der Waals surface area (Å²) in [6.45, 7) is 5.16. The Morgan fingerprint density at radius 1 is 1.16 bits per heavy atom. The first kappa shape index (κ1) is 21.7. The lowest BCUT2D eigenvalue weighted by atomic mass is 10.1. The molecule has 9 heteroatoms. The van der Waals surface area contributed by atoms with Gasteiger partial charge in [-0.2, -0.15) is 4.98 Å². The van der Waals surface area contributed by atoms with Gasteiger partial charge < -0.3 is 19.9 Å². The number of nitrogens with zero attached hydrogens (tertiary/aromatic N) is 4. The zero-order chi connectivity index (χ0) is 16.1. The van der Waals surface area contributed by atoms with Crippen molar-refractivity contribution in [3.05, 3.63) is 41.5 Å². The molecule has 0 atom stereocenters. The van der Waals surface area contributed by atoms with Crippen LogP contribution in [0.3, 0.4) is 0 Å². The van der Waals surface area contributed by atoms with E-state index in [0.29, 0.717) is 18.3 Å². The van der Waals surface area contributed by atoms with Crippen LogP contribution in [0.25, 0.3) is 0 Å². The maximum absolute atomic E-state index is 5.49. The maximum Gasteiger partial charge on any atom is 0.240 e. The Labute approximate surface area is 160 Å². The van der Waals surface area contributed by atoms with Crippen molar-refractivity contribution in [3.63, 3.8) is 0 Å². The molecular formula is C16H25Cl2N5O2. The van der Waals surface area contributed by atoms with Gasteiger partial charge in [0.2, 0.25) is 5.89 Å². The van der Waals surface area contributed by atoms with Gasteiger partial charge in [-0.15, -0.1) is 24.8 Å². The highest BCUT2D eigenvalue weighted by Gasteiger charge is 2.16. The topological polar surface area (TPSA) is 80.7 Å². The third-order valence-electron chi connectivity index (χ3n) is 3.88. The minimum absolute atomic E-state index is 0. The normalized spacial score (nSPS) is 14.1. The summed E-state index contributed by atoms with van der Waals surface area (Å²) in [7, 11) is 2.05. The number of ether oxygens (including phenoxy) is 1. The molecule has 1 aromatic heterocycles. The second-order valence-electron chi connectivity index (χ2n) is 5.71. The molecule has 25 heavy (non-hydrogen) atoms. The second-order valence-corrected chi connectivity index (χ2v) is 5.71. The van der Waals surface area contributed by atoms with E-state index in [9.17, 15) is 0 Å². The molecule has 0 saturated carbocycles. The number of hydrogen-bond donors (Lipinski definition) is 1. The Morgan fingerprint density at radius 3 is 2.56 bits per heavy atom. The molecule has 0 aliphatic carbocycles. The van der Waals surface area contributed by atoms with Crippen LogP contribution in [0.1, 0.15) is 17.3 Å². The molecule has 2 aromatic rings. The molecule has 0 amide bonds. The fourth-order valence-corrected chi connectivity index (χ4v) is 2.78. The molecule has 3 rings (SSSR count). The quantitative estimate of drug-likeness (QED) is 0.806. The number of morpholine rings is 1. The molecule has 2 N–H and O–H groups in total. The Hall–Kier alpha value is -1.38. The third-order valence-corrected chi connectivity index (χ3v) is 3.88. The van der Waals surface area contributed by atoms with Crippen molar-refractivity contribution in [2.24, 2.45) is 5.73 Å². The van der Waals surface area contributed by atoms with Crippen molar-refractivity contribution in [2.75, 3.05) is 38.3 Å². The van der Waals surface area contributed by atoms with Crippen molar-refractivity contribution >= 4 is 30.5 Å². The van der Waals surface area contributed by atoms with Gasteiger partial charge in [0.05, 0.1) is 26.3 Å². The number of rotatable bonds is 6. The molecule has 7 nitrogen and oxygen atoms in total. The summed E-state index contributed by atoms with van der Waals surface area (Å²) in [5.41, 5.74) is 8.06. The van der Waals surface area contributed by atoms with Gasteiger partial charge >= 0.3 is 0 Å². The molecule has 0 bridgehead atoms. The van der Waals surface area contributed by atoms with Crippen LogP contribution in [-0.4, -0.2) is 48.4 Å². The van der Waals surface area contributed by atoms with E-state index in [-0.39, 0.29) is 31.4 Å². The molecule has 0 spiro atoms. The first-order valence-electron chi connectivity index (χ1n) is 7.87. The molecular weight excluding hydrogens is 365 g/mol. The summed E-state index contributed by atoms with van der Waals surface area (Å²) in [6.07, 6.45) is 0. The molecule has 1 saturated heterocycles. The zero-order valence-corrected chi connectivity index (χ0v) is 15.9. The molecule has 1 aromatic carbocycles. The van der Waals surface area contributed by atoms with Crippen molar-refractivity contribution < 1.29 is 9.26 Å². The van der Waals surface area contributed by atoms with Crippen molar-refractivity contribution in [2.45, 2.75) is 19.6 Å². The number of benzene rings is 1. The van der Waals surface area contributed by atoms with Crippen LogP contribution < -0.4 is 10.6 Å². The van der Waals surface area contributed by atoms with Crippen LogP contribution in [0.5, 0.6) is 0 Å². The highest BCUT2D eigenvalue weighted by molar-refractivity contribution is 5.85. The fraction of sp³-hybridized carbons (Fsp3) is 0.500. The SMILES string of the molecule is CN(Cc1noc(CN)n1)Cc1ccccc1N1CCOCC1.Cl.Cl. The average molecular weight is 390 g/mol. The monoisotopic (exact) mass is 389 g/mol. The van der Waals surface area contributed by atoms with Crippen LogP contribution in [0.15, 0.2) is 28.8 Å². The first-order valence-corrected chi connectivity index (χ1v) is 7.87. The van der Waals surface area contributed by atoms with Gasteiger partial charge in [0.1, 0.15) is 0 Å². The lowest BCUT2D eigenvalue weighted by Gasteiger charge is -2.31. The summed E-state index contributed by atoms with van der Waals surface area (Å²) >= 11 is 0. The van der Waals surface area contributed by atoms with Crippen LogP contribution in [-0.2, 0) is 24.4 Å². The predicted octanol–water partition coefficient (Wildman–Crippen LogP) is 1.84. The van der Waals surface area contributed by atoms with Crippen molar-refractivity contribution in [1.29, 1.82) is 0 Å². The Morgan fingerprint density at radius 2 is 1.88 bits per heavy atom. The molecule has 2 heterocycles. The van der Waals surface area contributed by atoms with E-state index in [1.165, 1.54) is 11.3 Å². The largest absolute Gasteiger partial charge is 0.378 e. The predicted molar refractivity (Wildman–Crippen MR) is 101 cm³/mol. The van der Waals surface area contributed by atoms with Crippen molar-refractivity contribution in [3.8, 4) is 0 Å². The zero-order valence-electron chi connectivity index (χ0n) is 14.3. The summed E-state index contributed by atoms with van der Waals surface area (Å²) in [6, 6.07) is 8.51. The Bertz CT molecular complexity index is 634. The average Bonchev–Trinajstić information content (AvgIpc) is 3.03. The van der Waals surface area contributed by atoms with Crippen LogP contribution in [0.2, 0.25) is 0 Å². The summed E-state index contributed by atoms with van der Waals surface area (Å²) in [5, 5.41) is 3.95. The smallest absolute Gasteiger partial charge is 0.240 e.